The van der Waals surface area contributed by atoms with Gasteiger partial charge in [-0.25, -0.2) is 0 Å². The minimum atomic E-state index is -1.90. The lowest BCUT2D eigenvalue weighted by atomic mass is 10.1. The Morgan fingerprint density at radius 3 is 2.11 bits per heavy atom. The van der Waals surface area contributed by atoms with Crippen LogP contribution in [0.15, 0.2) is 18.2 Å². The van der Waals surface area contributed by atoms with Gasteiger partial charge in [-0.05, 0) is 35.2 Å². The second-order valence-corrected chi connectivity index (χ2v) is 14.0. The zero-order chi connectivity index (χ0) is 20.9. The van der Waals surface area contributed by atoms with Gasteiger partial charge in [0.2, 0.25) is 0 Å². The molecule has 160 valence electrons. The first-order valence-corrected chi connectivity index (χ1v) is 12.5. The van der Waals surface area contributed by atoms with Crippen molar-refractivity contribution in [2.45, 2.75) is 77.0 Å². The lowest BCUT2D eigenvalue weighted by Crippen LogP contribution is -2.49. The maximum Gasteiger partial charge on any atom is 0.200 e. The predicted molar refractivity (Wildman–Crippen MR) is 115 cm³/mol. The van der Waals surface area contributed by atoms with Gasteiger partial charge in [-0.1, -0.05) is 47.6 Å². The van der Waals surface area contributed by atoms with E-state index in [0.29, 0.717) is 41.3 Å². The van der Waals surface area contributed by atoms with Crippen LogP contribution < -0.4 is 9.47 Å². The molecule has 1 fully saturated rings. The van der Waals surface area contributed by atoms with Gasteiger partial charge in [0.15, 0.2) is 26.1 Å². The molecule has 0 saturated carbocycles. The molecule has 6 heteroatoms. The van der Waals surface area contributed by atoms with Crippen molar-refractivity contribution in [2.24, 2.45) is 0 Å². The molecule has 1 saturated heterocycles. The van der Waals surface area contributed by atoms with E-state index < -0.39 is 14.6 Å². The second-order valence-electron chi connectivity index (χ2n) is 8.49. The summed E-state index contributed by atoms with van der Waals surface area (Å²) in [7, 11) is 1.37. The topological polar surface area (TPSA) is 46.2 Å². The Morgan fingerprint density at radius 2 is 1.57 bits per heavy atom. The molecule has 0 radical (unpaired) electrons. The van der Waals surface area contributed by atoms with Gasteiger partial charge in [0.25, 0.3) is 0 Å². The van der Waals surface area contributed by atoms with Gasteiger partial charge in [0.1, 0.15) is 0 Å². The van der Waals surface area contributed by atoms with Crippen LogP contribution in [-0.2, 0) is 13.9 Å². The molecule has 0 bridgehead atoms. The Balaban J connectivity index is 2.09. The van der Waals surface area contributed by atoms with Crippen LogP contribution in [0, 0.1) is 0 Å². The van der Waals surface area contributed by atoms with Crippen LogP contribution in [0.25, 0.3) is 0 Å². The van der Waals surface area contributed by atoms with Gasteiger partial charge < -0.3 is 23.4 Å². The highest BCUT2D eigenvalue weighted by molar-refractivity contribution is 6.77. The molecule has 0 spiro atoms. The van der Waals surface area contributed by atoms with Crippen molar-refractivity contribution in [1.29, 1.82) is 0 Å². The first-order valence-electron chi connectivity index (χ1n) is 10.4. The summed E-state index contributed by atoms with van der Waals surface area (Å²) in [6, 6.07) is 5.77. The molecule has 0 amide bonds. The molecular weight excluding hydrogens is 372 g/mol. The van der Waals surface area contributed by atoms with Crippen LogP contribution in [0.5, 0.6) is 11.5 Å². The number of methoxy groups -OCH3 is 2. The fraction of sp³-hybridized carbons (Fsp3) is 0.727. The number of rotatable bonds is 9. The monoisotopic (exact) mass is 410 g/mol. The van der Waals surface area contributed by atoms with E-state index in [0.717, 1.165) is 12.0 Å². The summed E-state index contributed by atoms with van der Waals surface area (Å²) in [5.41, 5.74) is 2.62. The lowest BCUT2D eigenvalue weighted by molar-refractivity contribution is -0.223. The quantitative estimate of drug-likeness (QED) is 0.489. The Labute approximate surface area is 171 Å². The highest BCUT2D eigenvalue weighted by atomic mass is 28.4. The molecule has 0 unspecified atom stereocenters. The molecule has 2 atom stereocenters. The molecule has 0 N–H and O–H groups in total. The summed E-state index contributed by atoms with van der Waals surface area (Å²) in [6.07, 6.45) is 0.480. The summed E-state index contributed by atoms with van der Waals surface area (Å²) in [5.74, 6) is 1.37. The van der Waals surface area contributed by atoms with E-state index in [-0.39, 0.29) is 6.10 Å². The van der Waals surface area contributed by atoms with E-state index in [4.69, 9.17) is 23.4 Å². The smallest absolute Gasteiger partial charge is 0.200 e. The fourth-order valence-corrected chi connectivity index (χ4v) is 10.1. The standard InChI is InChI=1S/C22H38O5Si/c1-15(2)28(16(3)4,17(5)6)26-14-19-11-12-25-22(27-19)18-9-10-20(23-7)21(13-18)24-8/h9-10,13,15-17,19,22H,11-12,14H2,1-8H3/t19-,22-/m1/s1. The molecule has 0 aromatic heterocycles. The first kappa shape index (κ1) is 23.2. The highest BCUT2D eigenvalue weighted by Crippen LogP contribution is 2.43. The van der Waals surface area contributed by atoms with Crippen molar-refractivity contribution in [1.82, 2.24) is 0 Å². The summed E-state index contributed by atoms with van der Waals surface area (Å²) in [5, 5.41) is 0. The molecule has 0 aliphatic carbocycles. The summed E-state index contributed by atoms with van der Waals surface area (Å²) >= 11 is 0. The van der Waals surface area contributed by atoms with Crippen molar-refractivity contribution < 1.29 is 23.4 Å². The number of ether oxygens (including phenoxy) is 4. The minimum Gasteiger partial charge on any atom is -0.493 e. The van der Waals surface area contributed by atoms with Gasteiger partial charge in [-0.3, -0.25) is 0 Å². The molecule has 2 rings (SSSR count). The van der Waals surface area contributed by atoms with Crippen molar-refractivity contribution in [3.05, 3.63) is 23.8 Å². The van der Waals surface area contributed by atoms with Gasteiger partial charge in [0, 0.05) is 5.56 Å². The molecule has 1 aromatic carbocycles. The first-order chi connectivity index (χ1) is 13.3. The molecule has 1 aliphatic heterocycles. The maximum atomic E-state index is 6.73. The van der Waals surface area contributed by atoms with Crippen molar-refractivity contribution in [3.8, 4) is 11.5 Å². The average Bonchev–Trinajstić information content (AvgIpc) is 2.67. The fourth-order valence-electron chi connectivity index (χ4n) is 4.62. The molecular formula is C22H38O5Si. The zero-order valence-electron chi connectivity index (χ0n) is 18.8. The largest absolute Gasteiger partial charge is 0.493 e. The van der Waals surface area contributed by atoms with Crippen LogP contribution >= 0.6 is 0 Å². The third-order valence-corrected chi connectivity index (χ3v) is 12.0. The van der Waals surface area contributed by atoms with Gasteiger partial charge >= 0.3 is 0 Å². The van der Waals surface area contributed by atoms with E-state index in [1.807, 2.05) is 18.2 Å². The van der Waals surface area contributed by atoms with E-state index >= 15 is 0 Å². The SMILES string of the molecule is COc1ccc([C@@H]2OCC[C@H](CO[Si](C(C)C)(C(C)C)C(C)C)O2)cc1OC. The molecule has 1 aromatic rings. The van der Waals surface area contributed by atoms with Gasteiger partial charge in [-0.2, -0.15) is 0 Å². The number of hydrogen-bond donors (Lipinski definition) is 0. The van der Waals surface area contributed by atoms with Crippen LogP contribution in [0.3, 0.4) is 0 Å². The summed E-state index contributed by atoms with van der Waals surface area (Å²) in [4.78, 5) is 0. The third-order valence-electron chi connectivity index (χ3n) is 5.93. The van der Waals surface area contributed by atoms with E-state index in [1.165, 1.54) is 0 Å². The Hall–Kier alpha value is -1.08. The number of hydrogen-bond acceptors (Lipinski definition) is 5. The molecule has 28 heavy (non-hydrogen) atoms. The highest BCUT2D eigenvalue weighted by Gasteiger charge is 2.45. The minimum absolute atomic E-state index is 0.0370. The van der Waals surface area contributed by atoms with Crippen molar-refractivity contribution in [2.75, 3.05) is 27.4 Å². The zero-order valence-corrected chi connectivity index (χ0v) is 19.8. The van der Waals surface area contributed by atoms with E-state index in [9.17, 15) is 0 Å². The molecule has 5 nitrogen and oxygen atoms in total. The predicted octanol–water partition coefficient (Wildman–Crippen LogP) is 5.70. The normalized spacial score (nSPS) is 20.8. The Kier molecular flexibility index (Phi) is 8.37. The van der Waals surface area contributed by atoms with Crippen LogP contribution in [0.2, 0.25) is 16.6 Å². The Morgan fingerprint density at radius 1 is 0.964 bits per heavy atom. The second kappa shape index (κ2) is 10.1. The van der Waals surface area contributed by atoms with Crippen LogP contribution in [-0.4, -0.2) is 41.9 Å². The summed E-state index contributed by atoms with van der Waals surface area (Å²) in [6.45, 7) is 15.1. The van der Waals surface area contributed by atoms with Crippen molar-refractivity contribution in [3.63, 3.8) is 0 Å². The number of benzene rings is 1. The maximum absolute atomic E-state index is 6.73. The summed E-state index contributed by atoms with van der Waals surface area (Å²) < 4.78 is 29.6. The van der Waals surface area contributed by atoms with E-state index in [1.54, 1.807) is 14.2 Å². The van der Waals surface area contributed by atoms with Crippen molar-refractivity contribution >= 4 is 8.32 Å². The Bertz CT molecular complexity index is 595. The molecule has 1 aliphatic rings. The van der Waals surface area contributed by atoms with Crippen LogP contribution in [0.1, 0.15) is 59.8 Å². The van der Waals surface area contributed by atoms with E-state index in [2.05, 4.69) is 41.5 Å². The van der Waals surface area contributed by atoms with Gasteiger partial charge in [0.05, 0.1) is 33.5 Å². The lowest BCUT2D eigenvalue weighted by Gasteiger charge is -2.43. The van der Waals surface area contributed by atoms with Crippen LogP contribution in [0.4, 0.5) is 0 Å². The third kappa shape index (κ3) is 4.90. The van der Waals surface area contributed by atoms with Gasteiger partial charge in [-0.15, -0.1) is 0 Å². The molecule has 1 heterocycles. The average molecular weight is 411 g/mol.